The molecule has 1 aliphatic carbocycles. The van der Waals surface area contributed by atoms with E-state index in [0.29, 0.717) is 0 Å². The Balaban J connectivity index is 3.03. The molecule has 0 aromatic heterocycles. The van der Waals surface area contributed by atoms with E-state index in [4.69, 9.17) is 4.74 Å². The molecule has 0 amide bonds. The van der Waals surface area contributed by atoms with Crippen LogP contribution in [-0.2, 0) is 4.74 Å². The number of methoxy groups -OCH3 is 1. The first-order valence-corrected chi connectivity index (χ1v) is 7.82. The maximum atomic E-state index is 5.68. The highest BCUT2D eigenvalue weighted by molar-refractivity contribution is 5.25. The summed E-state index contributed by atoms with van der Waals surface area (Å²) in [6.45, 7) is 13.5. The van der Waals surface area contributed by atoms with E-state index in [2.05, 4.69) is 53.7 Å². The highest BCUT2D eigenvalue weighted by Gasteiger charge is 2.37. The smallest absolute Gasteiger partial charge is 0.0956 e. The van der Waals surface area contributed by atoms with Crippen LogP contribution in [0.3, 0.4) is 0 Å². The van der Waals surface area contributed by atoms with E-state index in [1.807, 2.05) is 7.11 Å². The van der Waals surface area contributed by atoms with Crippen LogP contribution in [0.5, 0.6) is 0 Å². The summed E-state index contributed by atoms with van der Waals surface area (Å²) in [5.74, 6) is 1.94. The second-order valence-electron chi connectivity index (χ2n) is 7.07. The largest absolute Gasteiger partial charge is 0.501 e. The molecule has 0 aromatic carbocycles. The average Bonchev–Trinajstić information content (AvgIpc) is 2.34. The van der Waals surface area contributed by atoms with Crippen LogP contribution in [0.15, 0.2) is 34.6 Å². The van der Waals surface area contributed by atoms with Gasteiger partial charge >= 0.3 is 0 Å². The number of allylic oxidation sites excluding steroid dienone is 6. The molecule has 1 nitrogen and oxygen atoms in total. The molecule has 20 heavy (non-hydrogen) atoms. The molecule has 0 N–H and O–H groups in total. The van der Waals surface area contributed by atoms with Crippen molar-refractivity contribution in [2.45, 2.75) is 67.2 Å². The van der Waals surface area contributed by atoms with Crippen LogP contribution < -0.4 is 0 Å². The van der Waals surface area contributed by atoms with Crippen molar-refractivity contribution in [3.05, 3.63) is 34.6 Å². The van der Waals surface area contributed by atoms with E-state index >= 15 is 0 Å². The lowest BCUT2D eigenvalue weighted by Crippen LogP contribution is -2.31. The number of hydrogen-bond acceptors (Lipinski definition) is 1. The van der Waals surface area contributed by atoms with Crippen molar-refractivity contribution >= 4 is 0 Å². The molecule has 1 unspecified atom stereocenters. The van der Waals surface area contributed by atoms with Gasteiger partial charge < -0.3 is 4.74 Å². The van der Waals surface area contributed by atoms with Crippen molar-refractivity contribution in [1.29, 1.82) is 0 Å². The first-order valence-electron chi connectivity index (χ1n) is 7.82. The van der Waals surface area contributed by atoms with Gasteiger partial charge in [-0.15, -0.1) is 0 Å². The molecule has 0 saturated heterocycles. The highest BCUT2D eigenvalue weighted by Crippen LogP contribution is 2.48. The number of hydrogen-bond donors (Lipinski definition) is 0. The van der Waals surface area contributed by atoms with Crippen molar-refractivity contribution in [1.82, 2.24) is 0 Å². The van der Waals surface area contributed by atoms with Gasteiger partial charge in [0.25, 0.3) is 0 Å². The summed E-state index contributed by atoms with van der Waals surface area (Å²) in [5.41, 5.74) is 4.53. The predicted molar refractivity (Wildman–Crippen MR) is 88.6 cm³/mol. The van der Waals surface area contributed by atoms with Gasteiger partial charge in [-0.2, -0.15) is 0 Å². The van der Waals surface area contributed by atoms with Crippen molar-refractivity contribution < 1.29 is 4.74 Å². The molecule has 0 saturated carbocycles. The maximum Gasteiger partial charge on any atom is 0.0956 e. The third kappa shape index (κ3) is 4.26. The Kier molecular flexibility index (Phi) is 6.10. The zero-order valence-corrected chi connectivity index (χ0v) is 14.5. The second-order valence-corrected chi connectivity index (χ2v) is 7.07. The normalized spacial score (nSPS) is 21.4. The van der Waals surface area contributed by atoms with Crippen LogP contribution >= 0.6 is 0 Å². The molecule has 1 rings (SSSR count). The van der Waals surface area contributed by atoms with Gasteiger partial charge in [0.15, 0.2) is 0 Å². The molecular weight excluding hydrogens is 244 g/mol. The zero-order chi connectivity index (χ0) is 15.3. The van der Waals surface area contributed by atoms with Gasteiger partial charge in [0.2, 0.25) is 0 Å². The molecule has 0 spiro atoms. The van der Waals surface area contributed by atoms with Crippen LogP contribution in [0.25, 0.3) is 0 Å². The van der Waals surface area contributed by atoms with E-state index in [1.54, 1.807) is 0 Å². The summed E-state index contributed by atoms with van der Waals surface area (Å²) < 4.78 is 5.68. The summed E-state index contributed by atoms with van der Waals surface area (Å²) in [6, 6.07) is 0. The van der Waals surface area contributed by atoms with Gasteiger partial charge in [0.05, 0.1) is 12.9 Å². The van der Waals surface area contributed by atoms with Crippen molar-refractivity contribution in [3.63, 3.8) is 0 Å². The molecule has 0 heterocycles. The Hall–Kier alpha value is -0.980. The van der Waals surface area contributed by atoms with Gasteiger partial charge in [0, 0.05) is 6.42 Å². The minimum Gasteiger partial charge on any atom is -0.501 e. The van der Waals surface area contributed by atoms with E-state index in [-0.39, 0.29) is 5.41 Å². The van der Waals surface area contributed by atoms with Crippen LogP contribution in [0, 0.1) is 11.3 Å². The van der Waals surface area contributed by atoms with Crippen LogP contribution in [0.4, 0.5) is 0 Å². The predicted octanol–water partition coefficient (Wildman–Crippen LogP) is 6.04. The fourth-order valence-electron chi connectivity index (χ4n) is 3.12. The molecule has 1 atom stereocenters. The molecule has 0 bridgehead atoms. The average molecular weight is 276 g/mol. The summed E-state index contributed by atoms with van der Waals surface area (Å²) in [4.78, 5) is 0. The highest BCUT2D eigenvalue weighted by atomic mass is 16.5. The quantitative estimate of drug-likeness (QED) is 0.556. The first kappa shape index (κ1) is 17.1. The summed E-state index contributed by atoms with van der Waals surface area (Å²) in [7, 11) is 1.82. The van der Waals surface area contributed by atoms with E-state index in [0.717, 1.165) is 18.8 Å². The Morgan fingerprint density at radius 3 is 2.25 bits per heavy atom. The lowest BCUT2D eigenvalue weighted by atomic mass is 9.65. The van der Waals surface area contributed by atoms with Gasteiger partial charge in [-0.1, -0.05) is 37.1 Å². The fraction of sp³-hybridized carbons (Fsp3) is 0.684. The monoisotopic (exact) mass is 276 g/mol. The molecule has 0 radical (unpaired) electrons. The van der Waals surface area contributed by atoms with E-state index in [9.17, 15) is 0 Å². The molecule has 0 aliphatic heterocycles. The Bertz CT molecular complexity index is 413. The molecule has 1 aliphatic rings. The molecule has 114 valence electrons. The van der Waals surface area contributed by atoms with Crippen LogP contribution in [0.1, 0.15) is 67.2 Å². The van der Waals surface area contributed by atoms with E-state index < -0.39 is 0 Å². The SMILES string of the molecule is COC1=C(CC=C(C)C)C(C)(C)C(CC=C(C)C)CC1. The molecule has 1 heteroatoms. The Labute approximate surface area is 125 Å². The van der Waals surface area contributed by atoms with Gasteiger partial charge in [0.1, 0.15) is 0 Å². The van der Waals surface area contributed by atoms with Crippen LogP contribution in [-0.4, -0.2) is 7.11 Å². The zero-order valence-electron chi connectivity index (χ0n) is 14.5. The van der Waals surface area contributed by atoms with Gasteiger partial charge in [-0.05, 0) is 63.9 Å². The topological polar surface area (TPSA) is 9.23 Å². The minimum atomic E-state index is 0.224. The van der Waals surface area contributed by atoms with Crippen LogP contribution in [0.2, 0.25) is 0 Å². The lowest BCUT2D eigenvalue weighted by molar-refractivity contribution is 0.169. The third-order valence-electron chi connectivity index (χ3n) is 4.63. The standard InChI is InChI=1S/C19H32O/c1-14(2)8-10-16-11-13-18(20-7)17(19(16,5)6)12-9-15(3)4/h8-9,16H,10-13H2,1-7H3. The molecular formula is C19H32O. The summed E-state index contributed by atoms with van der Waals surface area (Å²) in [6.07, 6.45) is 9.27. The molecule has 0 fully saturated rings. The number of ether oxygens (including phenoxy) is 1. The van der Waals surface area contributed by atoms with Crippen molar-refractivity contribution in [3.8, 4) is 0 Å². The third-order valence-corrected chi connectivity index (χ3v) is 4.63. The van der Waals surface area contributed by atoms with E-state index in [1.165, 1.54) is 35.3 Å². The van der Waals surface area contributed by atoms with Crippen molar-refractivity contribution in [2.75, 3.05) is 7.11 Å². The second kappa shape index (κ2) is 7.15. The molecule has 0 aromatic rings. The minimum absolute atomic E-state index is 0.224. The van der Waals surface area contributed by atoms with Gasteiger partial charge in [-0.25, -0.2) is 0 Å². The van der Waals surface area contributed by atoms with Crippen molar-refractivity contribution in [2.24, 2.45) is 11.3 Å². The Morgan fingerprint density at radius 2 is 1.75 bits per heavy atom. The van der Waals surface area contributed by atoms with Gasteiger partial charge in [-0.3, -0.25) is 0 Å². The maximum absolute atomic E-state index is 5.68. The summed E-state index contributed by atoms with van der Waals surface area (Å²) >= 11 is 0. The first-order chi connectivity index (χ1) is 9.28. The Morgan fingerprint density at radius 1 is 1.15 bits per heavy atom. The summed E-state index contributed by atoms with van der Waals surface area (Å²) in [5, 5.41) is 0. The lowest BCUT2D eigenvalue weighted by Gasteiger charge is -2.41. The fourth-order valence-corrected chi connectivity index (χ4v) is 3.12. The number of rotatable bonds is 5.